The molecule has 3 atom stereocenters. The molecule has 9 heteroatoms. The van der Waals surface area contributed by atoms with E-state index in [1.165, 1.54) is 0 Å². The van der Waals surface area contributed by atoms with Gasteiger partial charge in [0.25, 0.3) is 5.91 Å². The number of hydrogen-bond acceptors (Lipinski definition) is 5. The Bertz CT molecular complexity index is 1100. The normalized spacial score (nSPS) is 20.3. The summed E-state index contributed by atoms with van der Waals surface area (Å²) in [6.07, 6.45) is 1.23. The van der Waals surface area contributed by atoms with E-state index in [-0.39, 0.29) is 42.8 Å². The predicted molar refractivity (Wildman–Crippen MR) is 137 cm³/mol. The standard InChI is InChI=1S/C27H34N4O5/c1-17-14-31(18(2)16-32)26(34)21-10-7-11-22(29-25(33)19-12-13-19)24(21)36-23(17)15-30(3)27(35)28-20-8-5-4-6-9-20/h4-11,17-19,23,32H,12-16H2,1-3H3,(H,28,35)(H,29,33)/t17-,18+,23-/m1/s1. The Morgan fingerprint density at radius 1 is 1.14 bits per heavy atom. The average molecular weight is 495 g/mol. The maximum absolute atomic E-state index is 13.5. The van der Waals surface area contributed by atoms with Crippen LogP contribution in [-0.4, -0.2) is 71.6 Å². The number of amides is 4. The number of aliphatic hydroxyl groups excluding tert-OH is 1. The zero-order chi connectivity index (χ0) is 25.8. The summed E-state index contributed by atoms with van der Waals surface area (Å²) < 4.78 is 6.44. The Balaban J connectivity index is 1.62. The Hall–Kier alpha value is -3.59. The zero-order valence-electron chi connectivity index (χ0n) is 20.9. The van der Waals surface area contributed by atoms with E-state index in [4.69, 9.17) is 4.74 Å². The summed E-state index contributed by atoms with van der Waals surface area (Å²) in [5, 5.41) is 15.6. The molecule has 192 valence electrons. The van der Waals surface area contributed by atoms with Gasteiger partial charge in [0, 0.05) is 31.1 Å². The van der Waals surface area contributed by atoms with Crippen LogP contribution >= 0.6 is 0 Å². The van der Waals surface area contributed by atoms with Crippen LogP contribution in [0.3, 0.4) is 0 Å². The van der Waals surface area contributed by atoms with Crippen molar-refractivity contribution < 1.29 is 24.2 Å². The lowest BCUT2D eigenvalue weighted by Crippen LogP contribution is -2.50. The quantitative estimate of drug-likeness (QED) is 0.546. The minimum atomic E-state index is -0.476. The van der Waals surface area contributed by atoms with Crippen LogP contribution < -0.4 is 15.4 Å². The van der Waals surface area contributed by atoms with E-state index < -0.39 is 12.1 Å². The summed E-state index contributed by atoms with van der Waals surface area (Å²) in [5.74, 6) is -0.255. The molecule has 4 amide bonds. The van der Waals surface area contributed by atoms with Crippen molar-refractivity contribution in [2.24, 2.45) is 11.8 Å². The van der Waals surface area contributed by atoms with E-state index in [0.717, 1.165) is 12.8 Å². The number of urea groups is 1. The average Bonchev–Trinajstić information content (AvgIpc) is 3.72. The van der Waals surface area contributed by atoms with Crippen molar-refractivity contribution in [2.45, 2.75) is 38.8 Å². The van der Waals surface area contributed by atoms with Crippen molar-refractivity contribution in [2.75, 3.05) is 37.4 Å². The molecule has 4 rings (SSSR count). The number of nitrogens with one attached hydrogen (secondary N) is 2. The highest BCUT2D eigenvalue weighted by atomic mass is 16.5. The molecule has 3 N–H and O–H groups in total. The van der Waals surface area contributed by atoms with Gasteiger partial charge in [-0.15, -0.1) is 0 Å². The molecule has 0 bridgehead atoms. The highest BCUT2D eigenvalue weighted by Gasteiger charge is 2.36. The molecule has 2 aliphatic rings. The fourth-order valence-corrected chi connectivity index (χ4v) is 4.23. The van der Waals surface area contributed by atoms with E-state index >= 15 is 0 Å². The molecule has 0 radical (unpaired) electrons. The van der Waals surface area contributed by atoms with Crippen molar-refractivity contribution >= 4 is 29.2 Å². The van der Waals surface area contributed by atoms with Gasteiger partial charge in [-0.1, -0.05) is 31.2 Å². The third kappa shape index (κ3) is 5.79. The van der Waals surface area contributed by atoms with Gasteiger partial charge in [-0.25, -0.2) is 4.79 Å². The molecule has 1 aliphatic carbocycles. The molecule has 0 aromatic heterocycles. The predicted octanol–water partition coefficient (Wildman–Crippen LogP) is 3.42. The fraction of sp³-hybridized carbons (Fsp3) is 0.444. The number of carbonyl (C=O) groups excluding carboxylic acids is 3. The second kappa shape index (κ2) is 11.0. The van der Waals surface area contributed by atoms with E-state index in [1.54, 1.807) is 42.0 Å². The highest BCUT2D eigenvalue weighted by molar-refractivity contribution is 6.02. The van der Waals surface area contributed by atoms with E-state index in [1.807, 2.05) is 37.3 Å². The number of likely N-dealkylation sites (N-methyl/N-ethyl adjacent to an activating group) is 1. The SMILES string of the molecule is C[C@@H]1CN([C@@H](C)CO)C(=O)c2cccc(NC(=O)C3CC3)c2O[C@@H]1CN(C)C(=O)Nc1ccccc1. The molecule has 2 aromatic carbocycles. The van der Waals surface area contributed by atoms with Crippen LogP contribution in [0.5, 0.6) is 5.75 Å². The maximum atomic E-state index is 13.5. The maximum Gasteiger partial charge on any atom is 0.321 e. The number of hydrogen-bond donors (Lipinski definition) is 3. The molecule has 1 fully saturated rings. The third-order valence-electron chi connectivity index (χ3n) is 6.72. The minimum Gasteiger partial charge on any atom is -0.485 e. The third-order valence-corrected chi connectivity index (χ3v) is 6.72. The number of nitrogens with zero attached hydrogens (tertiary/aromatic N) is 2. The first-order valence-corrected chi connectivity index (χ1v) is 12.4. The van der Waals surface area contributed by atoms with Crippen LogP contribution in [0.1, 0.15) is 37.0 Å². The lowest BCUT2D eigenvalue weighted by molar-refractivity contribution is -0.117. The molecular formula is C27H34N4O5. The Labute approximate surface area is 211 Å². The molecule has 0 spiro atoms. The first-order valence-electron chi connectivity index (χ1n) is 12.4. The number of rotatable bonds is 7. The van der Waals surface area contributed by atoms with Gasteiger partial charge in [0.15, 0.2) is 5.75 Å². The number of fused-ring (bicyclic) bond motifs is 1. The highest BCUT2D eigenvalue weighted by Crippen LogP contribution is 2.37. The molecule has 1 saturated carbocycles. The molecular weight excluding hydrogens is 460 g/mol. The summed E-state index contributed by atoms with van der Waals surface area (Å²) >= 11 is 0. The molecule has 9 nitrogen and oxygen atoms in total. The van der Waals surface area contributed by atoms with Gasteiger partial charge in [0.1, 0.15) is 6.10 Å². The molecule has 0 saturated heterocycles. The van der Waals surface area contributed by atoms with Crippen LogP contribution in [0.2, 0.25) is 0 Å². The monoisotopic (exact) mass is 494 g/mol. The number of anilines is 2. The largest absolute Gasteiger partial charge is 0.485 e. The Morgan fingerprint density at radius 2 is 1.86 bits per heavy atom. The second-order valence-electron chi connectivity index (χ2n) is 9.75. The van der Waals surface area contributed by atoms with E-state index in [2.05, 4.69) is 10.6 Å². The summed E-state index contributed by atoms with van der Waals surface area (Å²) in [4.78, 5) is 42.1. The lowest BCUT2D eigenvalue weighted by atomic mass is 9.99. The minimum absolute atomic E-state index is 0.0152. The summed E-state index contributed by atoms with van der Waals surface area (Å²) in [6.45, 7) is 4.16. The Morgan fingerprint density at radius 3 is 2.53 bits per heavy atom. The lowest BCUT2D eigenvalue weighted by Gasteiger charge is -2.38. The second-order valence-corrected chi connectivity index (χ2v) is 9.75. The van der Waals surface area contributed by atoms with Crippen LogP contribution in [0.15, 0.2) is 48.5 Å². The topological polar surface area (TPSA) is 111 Å². The molecule has 0 unspecified atom stereocenters. The van der Waals surface area contributed by atoms with Gasteiger partial charge in [-0.2, -0.15) is 0 Å². The molecule has 2 aromatic rings. The van der Waals surface area contributed by atoms with Gasteiger partial charge < -0.3 is 30.3 Å². The van der Waals surface area contributed by atoms with Crippen molar-refractivity contribution in [3.8, 4) is 5.75 Å². The number of para-hydroxylation sites is 2. The van der Waals surface area contributed by atoms with Gasteiger partial charge in [0.2, 0.25) is 5.91 Å². The first kappa shape index (κ1) is 25.5. The van der Waals surface area contributed by atoms with Gasteiger partial charge in [-0.3, -0.25) is 9.59 Å². The smallest absolute Gasteiger partial charge is 0.321 e. The summed E-state index contributed by atoms with van der Waals surface area (Å²) in [7, 11) is 1.69. The molecule has 1 aliphatic heterocycles. The first-order chi connectivity index (χ1) is 17.3. The zero-order valence-corrected chi connectivity index (χ0v) is 20.9. The number of aliphatic hydroxyl groups is 1. The van der Waals surface area contributed by atoms with Gasteiger partial charge in [-0.05, 0) is 44.0 Å². The van der Waals surface area contributed by atoms with Crippen molar-refractivity contribution in [3.05, 3.63) is 54.1 Å². The van der Waals surface area contributed by atoms with Gasteiger partial charge in [0.05, 0.1) is 30.4 Å². The van der Waals surface area contributed by atoms with Gasteiger partial charge >= 0.3 is 6.03 Å². The van der Waals surface area contributed by atoms with Crippen LogP contribution in [-0.2, 0) is 4.79 Å². The van der Waals surface area contributed by atoms with Crippen molar-refractivity contribution in [3.63, 3.8) is 0 Å². The number of carbonyl (C=O) groups is 3. The Kier molecular flexibility index (Phi) is 7.79. The van der Waals surface area contributed by atoms with Crippen molar-refractivity contribution in [1.82, 2.24) is 9.80 Å². The van der Waals surface area contributed by atoms with E-state index in [0.29, 0.717) is 29.2 Å². The van der Waals surface area contributed by atoms with Crippen LogP contribution in [0.4, 0.5) is 16.2 Å². The molecule has 36 heavy (non-hydrogen) atoms. The summed E-state index contributed by atoms with van der Waals surface area (Å²) in [5.41, 5.74) is 1.44. The summed E-state index contributed by atoms with van der Waals surface area (Å²) in [6, 6.07) is 13.6. The van der Waals surface area contributed by atoms with Crippen molar-refractivity contribution in [1.29, 1.82) is 0 Å². The number of ether oxygens (including phenoxy) is 1. The van der Waals surface area contributed by atoms with Crippen LogP contribution in [0, 0.1) is 11.8 Å². The fourth-order valence-electron chi connectivity index (χ4n) is 4.23. The van der Waals surface area contributed by atoms with Crippen LogP contribution in [0.25, 0.3) is 0 Å². The molecule has 1 heterocycles. The van der Waals surface area contributed by atoms with E-state index in [9.17, 15) is 19.5 Å². The number of benzene rings is 2.